The van der Waals surface area contributed by atoms with Crippen LogP contribution in [-0.4, -0.2) is 37.0 Å². The van der Waals surface area contributed by atoms with Crippen molar-refractivity contribution in [2.75, 3.05) is 31.1 Å². The molecule has 3 nitrogen and oxygen atoms in total. The monoisotopic (exact) mass is 265 g/mol. The highest BCUT2D eigenvalue weighted by atomic mass is 16.1. The van der Waals surface area contributed by atoms with Crippen LogP contribution in [0.4, 0.5) is 5.69 Å². The van der Waals surface area contributed by atoms with Gasteiger partial charge in [-0.15, -0.1) is 0 Å². The first-order chi connectivity index (χ1) is 9.84. The van der Waals surface area contributed by atoms with Crippen molar-refractivity contribution in [2.24, 2.45) is 0 Å². The summed E-state index contributed by atoms with van der Waals surface area (Å²) in [4.78, 5) is 16.6. The van der Waals surface area contributed by atoms with Gasteiger partial charge in [-0.1, -0.05) is 36.4 Å². The van der Waals surface area contributed by atoms with E-state index in [0.29, 0.717) is 0 Å². The molecule has 3 rings (SSSR count). The van der Waals surface area contributed by atoms with Crippen LogP contribution >= 0.6 is 0 Å². The molecule has 0 atom stereocenters. The number of hydrogen-bond acceptors (Lipinski definition) is 2. The van der Waals surface area contributed by atoms with Crippen LogP contribution in [0.1, 0.15) is 10.4 Å². The number of benzene rings is 2. The predicted molar refractivity (Wildman–Crippen MR) is 81.0 cm³/mol. The molecule has 102 valence electrons. The Balaban J connectivity index is 1.63. The van der Waals surface area contributed by atoms with Gasteiger partial charge >= 0.3 is 0 Å². The first-order valence-corrected chi connectivity index (χ1v) is 6.99. The molecule has 1 aliphatic heterocycles. The number of carbonyl (C=O) groups is 1. The van der Waals surface area contributed by atoms with Gasteiger partial charge in [0.05, 0.1) is 0 Å². The van der Waals surface area contributed by atoms with Crippen LogP contribution in [0.2, 0.25) is 0 Å². The molecule has 1 aliphatic rings. The molecule has 0 spiro atoms. The number of amides is 1. The van der Waals surface area contributed by atoms with Gasteiger partial charge in [0, 0.05) is 37.4 Å². The zero-order chi connectivity index (χ0) is 13.8. The van der Waals surface area contributed by atoms with Crippen molar-refractivity contribution in [3.63, 3.8) is 0 Å². The van der Waals surface area contributed by atoms with Gasteiger partial charge in [-0.2, -0.15) is 0 Å². The molecule has 1 amide bonds. The third kappa shape index (κ3) is 2.67. The summed E-state index contributed by atoms with van der Waals surface area (Å²) >= 11 is 0. The highest BCUT2D eigenvalue weighted by Gasteiger charge is 2.21. The predicted octanol–water partition coefficient (Wildman–Crippen LogP) is 2.65. The quantitative estimate of drug-likeness (QED) is 0.833. The van der Waals surface area contributed by atoms with Crippen molar-refractivity contribution < 1.29 is 4.79 Å². The summed E-state index contributed by atoms with van der Waals surface area (Å²) in [7, 11) is 0. The first kappa shape index (κ1) is 12.7. The van der Waals surface area contributed by atoms with E-state index in [1.807, 2.05) is 41.3 Å². The highest BCUT2D eigenvalue weighted by molar-refractivity contribution is 5.94. The third-order valence-electron chi connectivity index (χ3n) is 3.71. The zero-order valence-electron chi connectivity index (χ0n) is 11.4. The number of anilines is 1. The first-order valence-electron chi connectivity index (χ1n) is 6.99. The van der Waals surface area contributed by atoms with Crippen LogP contribution < -0.4 is 4.90 Å². The van der Waals surface area contributed by atoms with E-state index in [1.165, 1.54) is 5.69 Å². The molecule has 2 aromatic rings. The second-order valence-electron chi connectivity index (χ2n) is 4.98. The van der Waals surface area contributed by atoms with Crippen LogP contribution in [0.25, 0.3) is 0 Å². The van der Waals surface area contributed by atoms with E-state index in [4.69, 9.17) is 0 Å². The fraction of sp³-hybridized carbons (Fsp3) is 0.235. The number of hydrogen-bond donors (Lipinski definition) is 0. The van der Waals surface area contributed by atoms with E-state index in [1.54, 1.807) is 0 Å². The minimum atomic E-state index is 0.137. The van der Waals surface area contributed by atoms with Crippen molar-refractivity contribution >= 4 is 11.6 Å². The van der Waals surface area contributed by atoms with E-state index in [9.17, 15) is 4.79 Å². The Kier molecular flexibility index (Phi) is 3.68. The second kappa shape index (κ2) is 5.78. The fourth-order valence-corrected chi connectivity index (χ4v) is 2.57. The lowest BCUT2D eigenvalue weighted by Crippen LogP contribution is -2.48. The number of piperazine rings is 1. The van der Waals surface area contributed by atoms with Crippen LogP contribution in [-0.2, 0) is 0 Å². The minimum Gasteiger partial charge on any atom is -0.368 e. The van der Waals surface area contributed by atoms with Crippen molar-refractivity contribution in [2.45, 2.75) is 0 Å². The fourth-order valence-electron chi connectivity index (χ4n) is 2.57. The van der Waals surface area contributed by atoms with Gasteiger partial charge in [0.15, 0.2) is 0 Å². The summed E-state index contributed by atoms with van der Waals surface area (Å²) in [6, 6.07) is 19.9. The molecule has 2 aromatic carbocycles. The Morgan fingerprint density at radius 1 is 0.750 bits per heavy atom. The van der Waals surface area contributed by atoms with Gasteiger partial charge in [0.25, 0.3) is 5.91 Å². The van der Waals surface area contributed by atoms with Crippen LogP contribution in [0, 0.1) is 0 Å². The molecule has 1 fully saturated rings. The standard InChI is InChI=1S/C17H18N2O/c20-17(15-7-3-1-4-8-15)19-13-11-18(12-14-19)16-9-5-2-6-10-16/h1-10H,11-14H2/i17-1. The van der Waals surface area contributed by atoms with Gasteiger partial charge in [0.2, 0.25) is 0 Å². The minimum absolute atomic E-state index is 0.137. The van der Waals surface area contributed by atoms with Gasteiger partial charge < -0.3 is 9.80 Å². The van der Waals surface area contributed by atoms with Crippen LogP contribution in [0.15, 0.2) is 60.7 Å². The van der Waals surface area contributed by atoms with Crippen LogP contribution in [0.5, 0.6) is 0 Å². The van der Waals surface area contributed by atoms with E-state index in [-0.39, 0.29) is 5.91 Å². The van der Waals surface area contributed by atoms with E-state index in [0.717, 1.165) is 31.7 Å². The molecule has 0 radical (unpaired) electrons. The number of rotatable bonds is 2. The lowest BCUT2D eigenvalue weighted by Gasteiger charge is -2.36. The number of nitrogens with zero attached hydrogens (tertiary/aromatic N) is 2. The van der Waals surface area contributed by atoms with Gasteiger partial charge in [-0.25, -0.2) is 0 Å². The van der Waals surface area contributed by atoms with Gasteiger partial charge in [0.1, 0.15) is 0 Å². The highest BCUT2D eigenvalue weighted by Crippen LogP contribution is 2.16. The maximum Gasteiger partial charge on any atom is 0.253 e. The molecule has 0 bridgehead atoms. The van der Waals surface area contributed by atoms with E-state index >= 15 is 0 Å². The van der Waals surface area contributed by atoms with Crippen molar-refractivity contribution in [3.8, 4) is 0 Å². The molecule has 0 aromatic heterocycles. The van der Waals surface area contributed by atoms with Crippen LogP contribution in [0.3, 0.4) is 0 Å². The Hall–Kier alpha value is -2.29. The molecule has 0 aliphatic carbocycles. The molecule has 0 unspecified atom stereocenters. The Morgan fingerprint density at radius 3 is 1.90 bits per heavy atom. The Morgan fingerprint density at radius 2 is 1.30 bits per heavy atom. The maximum absolute atomic E-state index is 12.4. The normalized spacial score (nSPS) is 15.2. The maximum atomic E-state index is 12.4. The molecule has 0 saturated carbocycles. The summed E-state index contributed by atoms with van der Waals surface area (Å²) in [5, 5.41) is 0. The van der Waals surface area contributed by atoms with E-state index in [2.05, 4.69) is 29.2 Å². The van der Waals surface area contributed by atoms with Crippen molar-refractivity contribution in [3.05, 3.63) is 66.2 Å². The average Bonchev–Trinajstić information content (AvgIpc) is 2.56. The average molecular weight is 265 g/mol. The summed E-state index contributed by atoms with van der Waals surface area (Å²) in [5.74, 6) is 0.137. The largest absolute Gasteiger partial charge is 0.368 e. The topological polar surface area (TPSA) is 23.6 Å². The summed E-state index contributed by atoms with van der Waals surface area (Å²) in [6.45, 7) is 3.34. The van der Waals surface area contributed by atoms with E-state index < -0.39 is 0 Å². The third-order valence-corrected chi connectivity index (χ3v) is 3.71. The second-order valence-corrected chi connectivity index (χ2v) is 4.98. The number of carbonyl (C=O) groups excluding carboxylic acids is 1. The summed E-state index contributed by atoms with van der Waals surface area (Å²) in [5.41, 5.74) is 2.01. The Labute approximate surface area is 119 Å². The zero-order valence-corrected chi connectivity index (χ0v) is 11.4. The number of para-hydroxylation sites is 1. The SMILES string of the molecule is O=[11C](c1ccccc1)N1CCN(c2ccccc2)CC1. The molecule has 1 heterocycles. The van der Waals surface area contributed by atoms with Gasteiger partial charge in [-0.05, 0) is 24.3 Å². The summed E-state index contributed by atoms with van der Waals surface area (Å²) < 4.78 is 0. The van der Waals surface area contributed by atoms with Gasteiger partial charge in [-0.3, -0.25) is 4.79 Å². The van der Waals surface area contributed by atoms with Crippen molar-refractivity contribution in [1.29, 1.82) is 0 Å². The molecule has 20 heavy (non-hydrogen) atoms. The van der Waals surface area contributed by atoms with Crippen molar-refractivity contribution in [1.82, 2.24) is 4.90 Å². The summed E-state index contributed by atoms with van der Waals surface area (Å²) in [6.07, 6.45) is 0. The Bertz CT molecular complexity index is 560. The molecular formula is C17H18N2O. The smallest absolute Gasteiger partial charge is 0.253 e. The lowest BCUT2D eigenvalue weighted by atomic mass is 9.86. The molecule has 3 heteroatoms. The molecule has 0 N–H and O–H groups in total. The molecule has 1 saturated heterocycles. The lowest BCUT2D eigenvalue weighted by molar-refractivity contribution is 0.0747. The molecular weight excluding hydrogens is 247 g/mol.